The molecule has 0 aliphatic heterocycles. The molecule has 0 saturated heterocycles. The number of benzene rings is 1. The molecule has 0 atom stereocenters. The number of methoxy groups -OCH3 is 1. The summed E-state index contributed by atoms with van der Waals surface area (Å²) in [6.07, 6.45) is 5.69. The number of aromatic nitrogens is 2. The second-order valence-corrected chi connectivity index (χ2v) is 6.35. The van der Waals surface area contributed by atoms with Crippen molar-refractivity contribution in [2.24, 2.45) is 0 Å². The maximum atomic E-state index is 12.5. The molecular weight excluding hydrogens is 316 g/mol. The summed E-state index contributed by atoms with van der Waals surface area (Å²) in [5.74, 6) is 0.944. The Kier molecular flexibility index (Phi) is 5.48. The lowest BCUT2D eigenvalue weighted by molar-refractivity contribution is 0.0922. The molecule has 25 heavy (non-hydrogen) atoms. The molecule has 0 bridgehead atoms. The summed E-state index contributed by atoms with van der Waals surface area (Å²) < 4.78 is 5.33. The van der Waals surface area contributed by atoms with E-state index in [9.17, 15) is 4.79 Å². The standard InChI is InChI=1S/C19H24N4O2/c1-13-12-16(18(24)21-14-8-4-3-5-9-14)23-19(20-13)22-15-10-6-7-11-17(15)25-2/h6-7,10-12,14H,3-5,8-9H2,1-2H3,(H,21,24)(H,20,22,23). The molecule has 3 rings (SSSR count). The third-order valence-electron chi connectivity index (χ3n) is 4.38. The number of hydrogen-bond acceptors (Lipinski definition) is 5. The minimum Gasteiger partial charge on any atom is -0.495 e. The molecule has 6 heteroatoms. The van der Waals surface area contributed by atoms with Crippen LogP contribution >= 0.6 is 0 Å². The zero-order valence-electron chi connectivity index (χ0n) is 14.7. The topological polar surface area (TPSA) is 76.1 Å². The number of carbonyl (C=O) groups excluding carboxylic acids is 1. The molecule has 132 valence electrons. The average Bonchev–Trinajstić information content (AvgIpc) is 2.62. The number of rotatable bonds is 5. The number of amides is 1. The van der Waals surface area contributed by atoms with Crippen molar-refractivity contribution < 1.29 is 9.53 Å². The molecule has 1 aliphatic rings. The molecule has 1 amide bonds. The normalized spacial score (nSPS) is 14.8. The Morgan fingerprint density at radius 1 is 1.16 bits per heavy atom. The van der Waals surface area contributed by atoms with Crippen LogP contribution < -0.4 is 15.4 Å². The molecule has 1 saturated carbocycles. The van der Waals surface area contributed by atoms with Crippen molar-refractivity contribution in [3.8, 4) is 5.75 Å². The lowest BCUT2D eigenvalue weighted by atomic mass is 9.95. The van der Waals surface area contributed by atoms with Gasteiger partial charge in [-0.2, -0.15) is 0 Å². The molecule has 1 aromatic heterocycles. The Hall–Kier alpha value is -2.63. The summed E-state index contributed by atoms with van der Waals surface area (Å²) in [6.45, 7) is 1.85. The largest absolute Gasteiger partial charge is 0.495 e. The van der Waals surface area contributed by atoms with Gasteiger partial charge in [0.25, 0.3) is 5.91 Å². The van der Waals surface area contributed by atoms with Crippen LogP contribution in [0.5, 0.6) is 5.75 Å². The number of nitrogens with zero attached hydrogens (tertiary/aromatic N) is 2. The molecule has 2 N–H and O–H groups in total. The molecule has 0 spiro atoms. The monoisotopic (exact) mass is 340 g/mol. The molecule has 0 unspecified atom stereocenters. The van der Waals surface area contributed by atoms with E-state index in [1.54, 1.807) is 13.2 Å². The van der Waals surface area contributed by atoms with Gasteiger partial charge in [0.1, 0.15) is 11.4 Å². The number of ether oxygens (including phenoxy) is 1. The molecule has 1 heterocycles. The van der Waals surface area contributed by atoms with Crippen LogP contribution in [0.3, 0.4) is 0 Å². The molecule has 2 aromatic rings. The van der Waals surface area contributed by atoms with Gasteiger partial charge < -0.3 is 15.4 Å². The van der Waals surface area contributed by atoms with Crippen LogP contribution in [0.25, 0.3) is 0 Å². The first kappa shape index (κ1) is 17.2. The van der Waals surface area contributed by atoms with Gasteiger partial charge in [0, 0.05) is 11.7 Å². The van der Waals surface area contributed by atoms with Crippen molar-refractivity contribution in [3.63, 3.8) is 0 Å². The Morgan fingerprint density at radius 3 is 2.68 bits per heavy atom. The number of carbonyl (C=O) groups is 1. The van der Waals surface area contributed by atoms with Crippen LogP contribution in [-0.2, 0) is 0 Å². The van der Waals surface area contributed by atoms with Gasteiger partial charge in [-0.25, -0.2) is 9.97 Å². The summed E-state index contributed by atoms with van der Waals surface area (Å²) in [5.41, 5.74) is 1.88. The fourth-order valence-electron chi connectivity index (χ4n) is 3.12. The second-order valence-electron chi connectivity index (χ2n) is 6.35. The Balaban J connectivity index is 1.76. The average molecular weight is 340 g/mol. The van der Waals surface area contributed by atoms with Crippen molar-refractivity contribution in [2.75, 3.05) is 12.4 Å². The Labute approximate surface area is 148 Å². The summed E-state index contributed by atoms with van der Waals surface area (Å²) >= 11 is 0. The molecular formula is C19H24N4O2. The van der Waals surface area contributed by atoms with E-state index in [1.807, 2.05) is 31.2 Å². The van der Waals surface area contributed by atoms with Crippen LogP contribution in [0, 0.1) is 6.92 Å². The summed E-state index contributed by atoms with van der Waals surface area (Å²) in [6, 6.07) is 9.50. The van der Waals surface area contributed by atoms with Gasteiger partial charge in [-0.15, -0.1) is 0 Å². The van der Waals surface area contributed by atoms with Crippen LogP contribution in [-0.4, -0.2) is 29.0 Å². The molecule has 0 radical (unpaired) electrons. The second kappa shape index (κ2) is 7.96. The number of nitrogens with one attached hydrogen (secondary N) is 2. The highest BCUT2D eigenvalue weighted by Crippen LogP contribution is 2.25. The number of anilines is 2. The Bertz CT molecular complexity index is 742. The van der Waals surface area contributed by atoms with Gasteiger partial charge in [0.2, 0.25) is 5.95 Å². The van der Waals surface area contributed by atoms with Crippen molar-refractivity contribution >= 4 is 17.5 Å². The molecule has 1 aliphatic carbocycles. The lowest BCUT2D eigenvalue weighted by Crippen LogP contribution is -2.36. The molecule has 6 nitrogen and oxygen atoms in total. The van der Waals surface area contributed by atoms with Crippen LogP contribution in [0.15, 0.2) is 30.3 Å². The van der Waals surface area contributed by atoms with Gasteiger partial charge in [-0.1, -0.05) is 31.4 Å². The van der Waals surface area contributed by atoms with E-state index in [-0.39, 0.29) is 11.9 Å². The first-order valence-electron chi connectivity index (χ1n) is 8.72. The van der Waals surface area contributed by atoms with E-state index in [0.29, 0.717) is 17.4 Å². The fourth-order valence-corrected chi connectivity index (χ4v) is 3.12. The summed E-state index contributed by atoms with van der Waals surface area (Å²) in [7, 11) is 1.61. The van der Waals surface area contributed by atoms with Gasteiger partial charge in [0.15, 0.2) is 0 Å². The van der Waals surface area contributed by atoms with E-state index in [1.165, 1.54) is 19.3 Å². The minimum absolute atomic E-state index is 0.138. The van der Waals surface area contributed by atoms with Gasteiger partial charge in [0.05, 0.1) is 12.8 Å². The lowest BCUT2D eigenvalue weighted by Gasteiger charge is -2.22. The van der Waals surface area contributed by atoms with Crippen LogP contribution in [0.4, 0.5) is 11.6 Å². The smallest absolute Gasteiger partial charge is 0.270 e. The third kappa shape index (κ3) is 4.47. The third-order valence-corrected chi connectivity index (χ3v) is 4.38. The molecule has 1 aromatic carbocycles. The van der Waals surface area contributed by atoms with E-state index >= 15 is 0 Å². The SMILES string of the molecule is COc1ccccc1Nc1nc(C)cc(C(=O)NC2CCCCC2)n1. The number of hydrogen-bond donors (Lipinski definition) is 2. The van der Waals surface area contributed by atoms with Gasteiger partial charge >= 0.3 is 0 Å². The molecule has 1 fully saturated rings. The highest BCUT2D eigenvalue weighted by molar-refractivity contribution is 5.93. The van der Waals surface area contributed by atoms with Crippen molar-refractivity contribution in [2.45, 2.75) is 45.1 Å². The zero-order valence-corrected chi connectivity index (χ0v) is 14.7. The number of para-hydroxylation sites is 2. The van der Waals surface area contributed by atoms with E-state index < -0.39 is 0 Å². The van der Waals surface area contributed by atoms with Crippen molar-refractivity contribution in [1.82, 2.24) is 15.3 Å². The van der Waals surface area contributed by atoms with Crippen molar-refractivity contribution in [3.05, 3.63) is 41.7 Å². The zero-order chi connectivity index (χ0) is 17.6. The predicted octanol–water partition coefficient (Wildman–Crippen LogP) is 3.60. The highest BCUT2D eigenvalue weighted by atomic mass is 16.5. The van der Waals surface area contributed by atoms with Gasteiger partial charge in [-0.3, -0.25) is 4.79 Å². The minimum atomic E-state index is -0.138. The van der Waals surface area contributed by atoms with Gasteiger partial charge in [-0.05, 0) is 38.0 Å². The first-order chi connectivity index (χ1) is 12.2. The fraction of sp³-hybridized carbons (Fsp3) is 0.421. The highest BCUT2D eigenvalue weighted by Gasteiger charge is 2.18. The summed E-state index contributed by atoms with van der Waals surface area (Å²) in [5, 5.41) is 6.23. The summed E-state index contributed by atoms with van der Waals surface area (Å²) in [4.78, 5) is 21.3. The maximum absolute atomic E-state index is 12.5. The number of aryl methyl sites for hydroxylation is 1. The van der Waals surface area contributed by atoms with Crippen LogP contribution in [0.1, 0.15) is 48.3 Å². The van der Waals surface area contributed by atoms with E-state index in [0.717, 1.165) is 24.2 Å². The van der Waals surface area contributed by atoms with E-state index in [4.69, 9.17) is 4.74 Å². The van der Waals surface area contributed by atoms with Crippen LogP contribution in [0.2, 0.25) is 0 Å². The Morgan fingerprint density at radius 2 is 1.92 bits per heavy atom. The first-order valence-corrected chi connectivity index (χ1v) is 8.72. The van der Waals surface area contributed by atoms with E-state index in [2.05, 4.69) is 20.6 Å². The predicted molar refractivity (Wildman–Crippen MR) is 97.4 cm³/mol. The van der Waals surface area contributed by atoms with Crippen molar-refractivity contribution in [1.29, 1.82) is 0 Å². The quantitative estimate of drug-likeness (QED) is 0.870. The maximum Gasteiger partial charge on any atom is 0.270 e.